The van der Waals surface area contributed by atoms with E-state index >= 15 is 0 Å². The summed E-state index contributed by atoms with van der Waals surface area (Å²) in [6.07, 6.45) is 3.98. The minimum atomic E-state index is -0.200. The fourth-order valence-electron chi connectivity index (χ4n) is 1.66. The molecule has 1 aliphatic rings. The van der Waals surface area contributed by atoms with Crippen molar-refractivity contribution in [3.8, 4) is 0 Å². The summed E-state index contributed by atoms with van der Waals surface area (Å²) in [6, 6.07) is 0. The highest BCUT2D eigenvalue weighted by atomic mass is 16.3. The van der Waals surface area contributed by atoms with Crippen LogP contribution in [0.2, 0.25) is 0 Å². The van der Waals surface area contributed by atoms with Crippen LogP contribution < -0.4 is 4.90 Å². The third-order valence-electron chi connectivity index (χ3n) is 2.33. The number of β-amino-alcohol motifs (C(OH)–C–C–N with tert-alkyl or cyclic N) is 1. The van der Waals surface area contributed by atoms with Crippen LogP contribution in [0.1, 0.15) is 12.0 Å². The van der Waals surface area contributed by atoms with Gasteiger partial charge in [0.25, 0.3) is 0 Å². The van der Waals surface area contributed by atoms with Crippen molar-refractivity contribution < 1.29 is 5.11 Å². The van der Waals surface area contributed by atoms with Crippen LogP contribution in [0.25, 0.3) is 0 Å². The lowest BCUT2D eigenvalue weighted by Gasteiger charge is -2.17. The van der Waals surface area contributed by atoms with E-state index in [2.05, 4.69) is 14.9 Å². The average molecular weight is 179 g/mol. The van der Waals surface area contributed by atoms with Gasteiger partial charge >= 0.3 is 0 Å². The molecule has 0 aromatic carbocycles. The van der Waals surface area contributed by atoms with Crippen LogP contribution >= 0.6 is 0 Å². The number of hydrogen-bond donors (Lipinski definition) is 1. The maximum absolute atomic E-state index is 9.37. The monoisotopic (exact) mass is 179 g/mol. The van der Waals surface area contributed by atoms with E-state index in [1.54, 1.807) is 12.5 Å². The van der Waals surface area contributed by atoms with E-state index in [0.29, 0.717) is 6.54 Å². The van der Waals surface area contributed by atoms with Crippen LogP contribution in [0.3, 0.4) is 0 Å². The Morgan fingerprint density at radius 1 is 1.62 bits per heavy atom. The lowest BCUT2D eigenvalue weighted by atomic mass is 10.3. The number of hydrogen-bond acceptors (Lipinski definition) is 4. The zero-order valence-corrected chi connectivity index (χ0v) is 7.64. The predicted molar refractivity (Wildman–Crippen MR) is 49.6 cm³/mol. The van der Waals surface area contributed by atoms with Crippen molar-refractivity contribution in [2.75, 3.05) is 18.0 Å². The Morgan fingerprint density at radius 3 is 3.08 bits per heavy atom. The van der Waals surface area contributed by atoms with E-state index in [0.717, 1.165) is 24.3 Å². The van der Waals surface area contributed by atoms with Crippen molar-refractivity contribution in [1.29, 1.82) is 0 Å². The molecule has 1 aromatic rings. The van der Waals surface area contributed by atoms with Gasteiger partial charge in [-0.2, -0.15) is 0 Å². The molecule has 4 heteroatoms. The molecule has 1 saturated heterocycles. The van der Waals surface area contributed by atoms with E-state index in [4.69, 9.17) is 0 Å². The van der Waals surface area contributed by atoms with Crippen molar-refractivity contribution in [3.63, 3.8) is 0 Å². The number of aryl methyl sites for hydroxylation is 1. The molecule has 0 saturated carbocycles. The average Bonchev–Trinajstić information content (AvgIpc) is 2.53. The lowest BCUT2D eigenvalue weighted by molar-refractivity contribution is 0.198. The summed E-state index contributed by atoms with van der Waals surface area (Å²) < 4.78 is 0. The first-order chi connectivity index (χ1) is 6.27. The van der Waals surface area contributed by atoms with E-state index in [1.165, 1.54) is 0 Å². The summed E-state index contributed by atoms with van der Waals surface area (Å²) in [4.78, 5) is 10.2. The maximum Gasteiger partial charge on any atom is 0.134 e. The molecule has 2 heterocycles. The molecule has 2 rings (SSSR count). The molecule has 0 bridgehead atoms. The molecule has 0 spiro atoms. The largest absolute Gasteiger partial charge is 0.391 e. The number of aliphatic hydroxyl groups is 1. The quantitative estimate of drug-likeness (QED) is 0.676. The summed E-state index contributed by atoms with van der Waals surface area (Å²) in [5.74, 6) is 0.951. The first kappa shape index (κ1) is 8.44. The van der Waals surface area contributed by atoms with Crippen molar-refractivity contribution in [3.05, 3.63) is 18.1 Å². The van der Waals surface area contributed by atoms with Crippen LogP contribution in [0.5, 0.6) is 0 Å². The topological polar surface area (TPSA) is 49.2 Å². The standard InChI is InChI=1S/C9H13N3O/c1-7-4-10-6-11-9(7)12-3-2-8(13)5-12/h4,6,8,13H,2-3,5H2,1H3/t8-/m1/s1. The molecule has 0 amide bonds. The molecule has 70 valence electrons. The van der Waals surface area contributed by atoms with E-state index < -0.39 is 0 Å². The van der Waals surface area contributed by atoms with Crippen LogP contribution in [0.4, 0.5) is 5.82 Å². The van der Waals surface area contributed by atoms with Gasteiger partial charge in [-0.15, -0.1) is 0 Å². The highest BCUT2D eigenvalue weighted by Crippen LogP contribution is 2.20. The smallest absolute Gasteiger partial charge is 0.134 e. The lowest BCUT2D eigenvalue weighted by Crippen LogP contribution is -2.23. The van der Waals surface area contributed by atoms with Crippen LogP contribution in [0, 0.1) is 6.92 Å². The summed E-state index contributed by atoms with van der Waals surface area (Å²) in [5.41, 5.74) is 1.07. The SMILES string of the molecule is Cc1cncnc1N1CC[C@@H](O)C1. The Kier molecular flexibility index (Phi) is 2.14. The number of aliphatic hydroxyl groups excluding tert-OH is 1. The first-order valence-electron chi connectivity index (χ1n) is 4.47. The maximum atomic E-state index is 9.37. The summed E-state index contributed by atoms with van der Waals surface area (Å²) in [6.45, 7) is 3.57. The van der Waals surface area contributed by atoms with Gasteiger partial charge in [0, 0.05) is 24.8 Å². The second kappa shape index (κ2) is 3.30. The van der Waals surface area contributed by atoms with Gasteiger partial charge in [0.15, 0.2) is 0 Å². The fraction of sp³-hybridized carbons (Fsp3) is 0.556. The molecular formula is C9H13N3O. The minimum absolute atomic E-state index is 0.200. The summed E-state index contributed by atoms with van der Waals surface area (Å²) in [7, 11) is 0. The van der Waals surface area contributed by atoms with Crippen molar-refractivity contribution in [2.45, 2.75) is 19.4 Å². The van der Waals surface area contributed by atoms with Gasteiger partial charge in [0.05, 0.1) is 6.10 Å². The van der Waals surface area contributed by atoms with Crippen LogP contribution in [-0.2, 0) is 0 Å². The minimum Gasteiger partial charge on any atom is -0.391 e. The molecule has 13 heavy (non-hydrogen) atoms. The van der Waals surface area contributed by atoms with Gasteiger partial charge in [-0.3, -0.25) is 0 Å². The second-order valence-electron chi connectivity index (χ2n) is 3.42. The third-order valence-corrected chi connectivity index (χ3v) is 2.33. The van der Waals surface area contributed by atoms with E-state index in [-0.39, 0.29) is 6.10 Å². The van der Waals surface area contributed by atoms with Crippen LogP contribution in [-0.4, -0.2) is 34.3 Å². The van der Waals surface area contributed by atoms with Crippen molar-refractivity contribution in [2.24, 2.45) is 0 Å². The first-order valence-corrected chi connectivity index (χ1v) is 4.47. The summed E-state index contributed by atoms with van der Waals surface area (Å²) >= 11 is 0. The zero-order valence-electron chi connectivity index (χ0n) is 7.64. The Labute approximate surface area is 77.2 Å². The molecule has 1 fully saturated rings. The molecule has 4 nitrogen and oxygen atoms in total. The van der Waals surface area contributed by atoms with E-state index in [1.807, 2.05) is 6.92 Å². The fourth-order valence-corrected chi connectivity index (χ4v) is 1.66. The van der Waals surface area contributed by atoms with E-state index in [9.17, 15) is 5.11 Å². The highest BCUT2D eigenvalue weighted by Gasteiger charge is 2.22. The Balaban J connectivity index is 2.21. The Hall–Kier alpha value is -1.16. The Morgan fingerprint density at radius 2 is 2.46 bits per heavy atom. The van der Waals surface area contributed by atoms with Gasteiger partial charge < -0.3 is 10.0 Å². The highest BCUT2D eigenvalue weighted by molar-refractivity contribution is 5.45. The molecule has 1 aromatic heterocycles. The molecule has 1 N–H and O–H groups in total. The predicted octanol–water partition coefficient (Wildman–Crippen LogP) is 0.356. The van der Waals surface area contributed by atoms with Gasteiger partial charge in [-0.05, 0) is 13.3 Å². The number of anilines is 1. The molecule has 0 unspecified atom stereocenters. The second-order valence-corrected chi connectivity index (χ2v) is 3.42. The normalized spacial score (nSPS) is 22.3. The number of nitrogens with zero attached hydrogens (tertiary/aromatic N) is 3. The van der Waals surface area contributed by atoms with Gasteiger partial charge in [-0.25, -0.2) is 9.97 Å². The molecule has 0 radical (unpaired) electrons. The van der Waals surface area contributed by atoms with Gasteiger partial charge in [0.2, 0.25) is 0 Å². The van der Waals surface area contributed by atoms with Gasteiger partial charge in [-0.1, -0.05) is 0 Å². The number of aromatic nitrogens is 2. The van der Waals surface area contributed by atoms with Crippen molar-refractivity contribution in [1.82, 2.24) is 9.97 Å². The summed E-state index contributed by atoms with van der Waals surface area (Å²) in [5, 5.41) is 9.37. The van der Waals surface area contributed by atoms with Crippen LogP contribution in [0.15, 0.2) is 12.5 Å². The number of rotatable bonds is 1. The van der Waals surface area contributed by atoms with Crippen molar-refractivity contribution >= 4 is 5.82 Å². The third kappa shape index (κ3) is 1.62. The molecular weight excluding hydrogens is 166 g/mol. The molecule has 0 aliphatic carbocycles. The molecule has 1 atom stereocenters. The Bertz CT molecular complexity index is 303. The van der Waals surface area contributed by atoms with Gasteiger partial charge in [0.1, 0.15) is 12.1 Å². The molecule has 1 aliphatic heterocycles. The zero-order chi connectivity index (χ0) is 9.26.